The number of aromatic nitrogens is 2. The van der Waals surface area contributed by atoms with Gasteiger partial charge < -0.3 is 5.32 Å². The molecule has 0 saturated carbocycles. The van der Waals surface area contributed by atoms with Gasteiger partial charge in [-0.2, -0.15) is 4.37 Å². The van der Waals surface area contributed by atoms with Gasteiger partial charge in [-0.1, -0.05) is 18.7 Å². The van der Waals surface area contributed by atoms with Crippen molar-refractivity contribution in [2.24, 2.45) is 0 Å². The Morgan fingerprint density at radius 1 is 1.33 bits per heavy atom. The average molecular weight is 287 g/mol. The SMILES string of the molecule is CCNCc1cc(F)c(Sc2ncns2)c(F)c1. The highest BCUT2D eigenvalue weighted by atomic mass is 32.2. The molecule has 2 aromatic rings. The maximum atomic E-state index is 13.8. The summed E-state index contributed by atoms with van der Waals surface area (Å²) in [7, 11) is 0. The van der Waals surface area contributed by atoms with E-state index in [1.54, 1.807) is 0 Å². The van der Waals surface area contributed by atoms with Crippen molar-refractivity contribution in [2.45, 2.75) is 22.7 Å². The zero-order valence-corrected chi connectivity index (χ0v) is 11.2. The van der Waals surface area contributed by atoms with Gasteiger partial charge in [0.1, 0.15) is 18.0 Å². The number of hydrogen-bond donors (Lipinski definition) is 1. The van der Waals surface area contributed by atoms with E-state index in [0.717, 1.165) is 29.8 Å². The number of rotatable bonds is 5. The van der Waals surface area contributed by atoms with Crippen LogP contribution in [0.5, 0.6) is 0 Å². The van der Waals surface area contributed by atoms with Crippen molar-refractivity contribution in [1.29, 1.82) is 0 Å². The van der Waals surface area contributed by atoms with Crippen molar-refractivity contribution in [3.8, 4) is 0 Å². The van der Waals surface area contributed by atoms with Gasteiger partial charge in [0.2, 0.25) is 0 Å². The number of halogens is 2. The third-order valence-electron chi connectivity index (χ3n) is 2.17. The monoisotopic (exact) mass is 287 g/mol. The van der Waals surface area contributed by atoms with Crippen molar-refractivity contribution in [1.82, 2.24) is 14.7 Å². The molecule has 1 aromatic carbocycles. The summed E-state index contributed by atoms with van der Waals surface area (Å²) in [6.45, 7) is 3.14. The van der Waals surface area contributed by atoms with E-state index in [0.29, 0.717) is 16.4 Å². The van der Waals surface area contributed by atoms with E-state index in [1.807, 2.05) is 6.92 Å². The van der Waals surface area contributed by atoms with Crippen LogP contribution < -0.4 is 5.32 Å². The standard InChI is InChI=1S/C11H11F2N3S2/c1-2-14-5-7-3-8(12)10(9(13)4-7)17-11-15-6-16-18-11/h3-4,6,14H,2,5H2,1H3. The quantitative estimate of drug-likeness (QED) is 0.917. The van der Waals surface area contributed by atoms with Crippen LogP contribution in [0.15, 0.2) is 27.7 Å². The van der Waals surface area contributed by atoms with Crippen LogP contribution in [0.2, 0.25) is 0 Å². The van der Waals surface area contributed by atoms with Gasteiger partial charge >= 0.3 is 0 Å². The summed E-state index contributed by atoms with van der Waals surface area (Å²) in [6.07, 6.45) is 1.36. The van der Waals surface area contributed by atoms with E-state index in [4.69, 9.17) is 0 Å². The lowest BCUT2D eigenvalue weighted by molar-refractivity contribution is 0.535. The molecule has 1 aromatic heterocycles. The van der Waals surface area contributed by atoms with Crippen molar-refractivity contribution < 1.29 is 8.78 Å². The van der Waals surface area contributed by atoms with E-state index >= 15 is 0 Å². The van der Waals surface area contributed by atoms with Crippen LogP contribution in [-0.4, -0.2) is 15.9 Å². The number of nitrogens with one attached hydrogen (secondary N) is 1. The molecule has 2 rings (SSSR count). The second-order valence-electron chi connectivity index (χ2n) is 3.48. The molecule has 3 nitrogen and oxygen atoms in total. The molecule has 0 radical (unpaired) electrons. The Hall–Kier alpha value is -1.05. The zero-order chi connectivity index (χ0) is 13.0. The molecule has 96 valence electrons. The lowest BCUT2D eigenvalue weighted by Gasteiger charge is -2.06. The highest BCUT2D eigenvalue weighted by Gasteiger charge is 2.14. The molecule has 7 heteroatoms. The maximum Gasteiger partial charge on any atom is 0.174 e. The van der Waals surface area contributed by atoms with Gasteiger partial charge in [-0.25, -0.2) is 13.8 Å². The van der Waals surface area contributed by atoms with Crippen LogP contribution in [0.1, 0.15) is 12.5 Å². The van der Waals surface area contributed by atoms with Crippen LogP contribution in [0.4, 0.5) is 8.78 Å². The Morgan fingerprint density at radius 2 is 2.06 bits per heavy atom. The third kappa shape index (κ3) is 3.24. The average Bonchev–Trinajstić information content (AvgIpc) is 2.84. The third-order valence-corrected chi connectivity index (χ3v) is 3.98. The lowest BCUT2D eigenvalue weighted by Crippen LogP contribution is -2.12. The summed E-state index contributed by atoms with van der Waals surface area (Å²) in [5.41, 5.74) is 0.591. The number of benzene rings is 1. The Bertz CT molecular complexity index is 494. The highest BCUT2D eigenvalue weighted by Crippen LogP contribution is 2.33. The topological polar surface area (TPSA) is 37.8 Å². The van der Waals surface area contributed by atoms with E-state index in [2.05, 4.69) is 14.7 Å². The molecule has 1 N–H and O–H groups in total. The first-order valence-electron chi connectivity index (χ1n) is 5.34. The largest absolute Gasteiger partial charge is 0.313 e. The molecule has 0 aliphatic rings. The molecule has 0 bridgehead atoms. The van der Waals surface area contributed by atoms with Crippen molar-refractivity contribution >= 4 is 23.3 Å². The predicted octanol–water partition coefficient (Wildman–Crippen LogP) is 3.08. The van der Waals surface area contributed by atoms with E-state index in [-0.39, 0.29) is 4.90 Å². The number of nitrogens with zero attached hydrogens (tertiary/aromatic N) is 2. The first kappa shape index (κ1) is 13.4. The van der Waals surface area contributed by atoms with Crippen LogP contribution in [-0.2, 0) is 6.54 Å². The predicted molar refractivity (Wildman–Crippen MR) is 67.8 cm³/mol. The molecule has 18 heavy (non-hydrogen) atoms. The van der Waals surface area contributed by atoms with Crippen LogP contribution >= 0.6 is 23.3 Å². The number of hydrogen-bond acceptors (Lipinski definition) is 5. The molecule has 0 spiro atoms. The van der Waals surface area contributed by atoms with E-state index in [9.17, 15) is 8.78 Å². The minimum atomic E-state index is -0.567. The first-order chi connectivity index (χ1) is 8.70. The molecule has 0 aliphatic carbocycles. The van der Waals surface area contributed by atoms with Crippen LogP contribution in [0.3, 0.4) is 0 Å². The summed E-state index contributed by atoms with van der Waals surface area (Å²) in [5, 5.41) is 3.02. The van der Waals surface area contributed by atoms with Crippen molar-refractivity contribution in [3.05, 3.63) is 35.7 Å². The fraction of sp³-hybridized carbons (Fsp3) is 0.273. The molecule has 0 fully saturated rings. The van der Waals surface area contributed by atoms with Crippen molar-refractivity contribution in [3.63, 3.8) is 0 Å². The van der Waals surface area contributed by atoms with Gasteiger partial charge in [-0.3, -0.25) is 0 Å². The van der Waals surface area contributed by atoms with Gasteiger partial charge in [0, 0.05) is 6.54 Å². The Morgan fingerprint density at radius 3 is 2.61 bits per heavy atom. The summed E-state index contributed by atoms with van der Waals surface area (Å²) in [5.74, 6) is -1.13. The van der Waals surface area contributed by atoms with Gasteiger partial charge in [0.05, 0.1) is 4.90 Å². The summed E-state index contributed by atoms with van der Waals surface area (Å²) >= 11 is 2.06. The maximum absolute atomic E-state index is 13.8. The fourth-order valence-electron chi connectivity index (χ4n) is 1.38. The van der Waals surface area contributed by atoms with Crippen molar-refractivity contribution in [2.75, 3.05) is 6.54 Å². The second-order valence-corrected chi connectivity index (χ2v) is 5.52. The molecule has 0 aliphatic heterocycles. The minimum Gasteiger partial charge on any atom is -0.313 e. The van der Waals surface area contributed by atoms with Gasteiger partial charge in [0.25, 0.3) is 0 Å². The molecular weight excluding hydrogens is 276 g/mol. The lowest BCUT2D eigenvalue weighted by atomic mass is 10.2. The molecule has 1 heterocycles. The smallest absolute Gasteiger partial charge is 0.174 e. The fourth-order valence-corrected chi connectivity index (χ4v) is 2.77. The van der Waals surface area contributed by atoms with Gasteiger partial charge in [0.15, 0.2) is 4.34 Å². The highest BCUT2D eigenvalue weighted by molar-refractivity contribution is 8.01. The Balaban J connectivity index is 2.21. The van der Waals surface area contributed by atoms with E-state index in [1.165, 1.54) is 18.5 Å². The molecule has 0 amide bonds. The second kappa shape index (κ2) is 6.21. The van der Waals surface area contributed by atoms with E-state index < -0.39 is 11.6 Å². The van der Waals surface area contributed by atoms with Crippen LogP contribution in [0.25, 0.3) is 0 Å². The molecule has 0 saturated heterocycles. The summed E-state index contributed by atoms with van der Waals surface area (Å²) in [6, 6.07) is 2.68. The first-order valence-corrected chi connectivity index (χ1v) is 6.93. The minimum absolute atomic E-state index is 0.0352. The Labute approximate surface area is 112 Å². The molecule has 0 unspecified atom stereocenters. The van der Waals surface area contributed by atoms with Gasteiger partial charge in [-0.05, 0) is 35.8 Å². The molecule has 0 atom stereocenters. The zero-order valence-electron chi connectivity index (χ0n) is 9.61. The Kier molecular flexibility index (Phi) is 4.62. The molecular formula is C11H11F2N3S2. The van der Waals surface area contributed by atoms with Crippen LogP contribution in [0, 0.1) is 11.6 Å². The van der Waals surface area contributed by atoms with Gasteiger partial charge in [-0.15, -0.1) is 0 Å². The summed E-state index contributed by atoms with van der Waals surface area (Å²) in [4.78, 5) is 3.86. The summed E-state index contributed by atoms with van der Waals surface area (Å²) < 4.78 is 31.9. The normalized spacial score (nSPS) is 10.8.